The molecule has 0 bridgehead atoms. The summed E-state index contributed by atoms with van der Waals surface area (Å²) in [4.78, 5) is 34.7. The fourth-order valence-electron chi connectivity index (χ4n) is 1.58. The van der Waals surface area contributed by atoms with Crippen LogP contribution in [-0.4, -0.2) is 30.6 Å². The monoisotopic (exact) mass is 292 g/mol. The zero-order valence-electron chi connectivity index (χ0n) is 12.4. The summed E-state index contributed by atoms with van der Waals surface area (Å²) in [5.74, 6) is -1.27. The van der Waals surface area contributed by atoms with E-state index in [1.807, 2.05) is 19.1 Å². The van der Waals surface area contributed by atoms with E-state index in [2.05, 4.69) is 10.6 Å². The summed E-state index contributed by atoms with van der Waals surface area (Å²) < 4.78 is 5.02. The first-order chi connectivity index (χ1) is 9.97. The van der Waals surface area contributed by atoms with E-state index in [-0.39, 0.29) is 0 Å². The number of imide groups is 1. The van der Waals surface area contributed by atoms with Crippen molar-refractivity contribution in [3.05, 3.63) is 35.4 Å². The second kappa shape index (κ2) is 8.04. The fraction of sp³-hybridized carbons (Fsp3) is 0.400. The van der Waals surface area contributed by atoms with Crippen LogP contribution in [0.15, 0.2) is 24.3 Å². The van der Waals surface area contributed by atoms with Crippen LogP contribution in [0, 0.1) is 0 Å². The lowest BCUT2D eigenvalue weighted by molar-refractivity contribution is -0.127. The third-order valence-corrected chi connectivity index (χ3v) is 2.82. The third kappa shape index (κ3) is 5.25. The van der Waals surface area contributed by atoms with Gasteiger partial charge in [0.1, 0.15) is 0 Å². The van der Waals surface area contributed by atoms with E-state index in [9.17, 15) is 14.4 Å². The Bertz CT molecular complexity index is 511. The molecule has 0 aliphatic rings. The van der Waals surface area contributed by atoms with Crippen LogP contribution >= 0.6 is 0 Å². The lowest BCUT2D eigenvalue weighted by atomic mass is 10.1. The molecular formula is C15H20N2O4. The van der Waals surface area contributed by atoms with Crippen molar-refractivity contribution in [1.82, 2.24) is 10.6 Å². The van der Waals surface area contributed by atoms with Crippen LogP contribution in [0.1, 0.15) is 36.7 Å². The van der Waals surface area contributed by atoms with E-state index in [1.165, 1.54) is 6.92 Å². The first kappa shape index (κ1) is 16.7. The Labute approximate surface area is 123 Å². The van der Waals surface area contributed by atoms with E-state index in [0.29, 0.717) is 12.1 Å². The summed E-state index contributed by atoms with van der Waals surface area (Å²) in [6.45, 7) is 5.55. The Morgan fingerprint density at radius 2 is 1.76 bits per heavy atom. The van der Waals surface area contributed by atoms with Crippen molar-refractivity contribution < 1.29 is 19.1 Å². The highest BCUT2D eigenvalue weighted by Crippen LogP contribution is 2.08. The van der Waals surface area contributed by atoms with Crippen molar-refractivity contribution in [2.45, 2.75) is 33.3 Å². The number of hydrogen-bond donors (Lipinski definition) is 2. The zero-order chi connectivity index (χ0) is 15.8. The number of nitrogens with one attached hydrogen (secondary N) is 2. The molecule has 0 aliphatic heterocycles. The molecule has 0 aromatic heterocycles. The van der Waals surface area contributed by atoms with E-state index in [0.717, 1.165) is 12.0 Å². The van der Waals surface area contributed by atoms with Gasteiger partial charge in [-0.2, -0.15) is 0 Å². The standard InChI is InChI=1S/C15H20N2O4/c1-4-11-6-8-12(9-7-11)14(19)21-10(3)13(18)17-15(20)16-5-2/h6-10H,4-5H2,1-3H3,(H2,16,17,18,20)/t10-/m1/s1. The molecule has 0 radical (unpaired) electrons. The number of benzene rings is 1. The largest absolute Gasteiger partial charge is 0.449 e. The van der Waals surface area contributed by atoms with Crippen LogP contribution in [0.4, 0.5) is 4.79 Å². The SMILES string of the molecule is CCNC(=O)NC(=O)[C@@H](C)OC(=O)c1ccc(CC)cc1. The van der Waals surface area contributed by atoms with Crippen LogP contribution in [0.2, 0.25) is 0 Å². The average Bonchev–Trinajstić information content (AvgIpc) is 2.47. The van der Waals surface area contributed by atoms with E-state index in [1.54, 1.807) is 19.1 Å². The van der Waals surface area contributed by atoms with Gasteiger partial charge in [0, 0.05) is 6.54 Å². The molecule has 6 nitrogen and oxygen atoms in total. The highest BCUT2D eigenvalue weighted by Gasteiger charge is 2.20. The van der Waals surface area contributed by atoms with Crippen LogP contribution in [-0.2, 0) is 16.0 Å². The van der Waals surface area contributed by atoms with Crippen molar-refractivity contribution in [2.24, 2.45) is 0 Å². The summed E-state index contributed by atoms with van der Waals surface area (Å²) in [7, 11) is 0. The normalized spacial score (nSPS) is 11.4. The minimum atomic E-state index is -1.05. The summed E-state index contributed by atoms with van der Waals surface area (Å²) in [6, 6.07) is 6.34. The fourth-order valence-corrected chi connectivity index (χ4v) is 1.58. The lowest BCUT2D eigenvalue weighted by Crippen LogP contribution is -2.44. The van der Waals surface area contributed by atoms with Crippen molar-refractivity contribution in [1.29, 1.82) is 0 Å². The second-order valence-electron chi connectivity index (χ2n) is 4.45. The minimum absolute atomic E-state index is 0.366. The first-order valence-corrected chi connectivity index (χ1v) is 6.86. The number of carbonyl (C=O) groups is 3. The van der Waals surface area contributed by atoms with Crippen molar-refractivity contribution in [3.63, 3.8) is 0 Å². The molecule has 0 heterocycles. The van der Waals surface area contributed by atoms with Gasteiger partial charge in [0.2, 0.25) is 0 Å². The number of carbonyl (C=O) groups excluding carboxylic acids is 3. The number of aryl methyl sites for hydroxylation is 1. The van der Waals surface area contributed by atoms with Gasteiger partial charge in [-0.05, 0) is 38.0 Å². The molecule has 0 saturated carbocycles. The summed E-state index contributed by atoms with van der Waals surface area (Å²) in [5.41, 5.74) is 1.47. The number of urea groups is 1. The van der Waals surface area contributed by atoms with Crippen molar-refractivity contribution >= 4 is 17.9 Å². The molecule has 114 valence electrons. The number of esters is 1. The van der Waals surface area contributed by atoms with Gasteiger partial charge in [-0.25, -0.2) is 9.59 Å². The Morgan fingerprint density at radius 1 is 1.14 bits per heavy atom. The Morgan fingerprint density at radius 3 is 2.29 bits per heavy atom. The van der Waals surface area contributed by atoms with Gasteiger partial charge in [-0.3, -0.25) is 10.1 Å². The number of amides is 3. The summed E-state index contributed by atoms with van der Waals surface area (Å²) >= 11 is 0. The minimum Gasteiger partial charge on any atom is -0.449 e. The van der Waals surface area contributed by atoms with E-state index in [4.69, 9.17) is 4.74 Å². The Balaban J connectivity index is 2.56. The molecule has 1 aromatic carbocycles. The predicted molar refractivity (Wildman–Crippen MR) is 77.9 cm³/mol. The van der Waals surface area contributed by atoms with Gasteiger partial charge in [-0.15, -0.1) is 0 Å². The predicted octanol–water partition coefficient (Wildman–Crippen LogP) is 1.64. The maximum absolute atomic E-state index is 11.9. The molecule has 0 unspecified atom stereocenters. The molecule has 2 N–H and O–H groups in total. The second-order valence-corrected chi connectivity index (χ2v) is 4.45. The van der Waals surface area contributed by atoms with Crippen LogP contribution in [0.3, 0.4) is 0 Å². The van der Waals surface area contributed by atoms with Crippen LogP contribution in [0.25, 0.3) is 0 Å². The van der Waals surface area contributed by atoms with Crippen LogP contribution < -0.4 is 10.6 Å². The maximum atomic E-state index is 11.9. The quantitative estimate of drug-likeness (QED) is 0.808. The Hall–Kier alpha value is -2.37. The molecule has 3 amide bonds. The number of hydrogen-bond acceptors (Lipinski definition) is 4. The molecule has 1 atom stereocenters. The molecule has 0 aliphatic carbocycles. The van der Waals surface area contributed by atoms with Gasteiger partial charge in [-0.1, -0.05) is 19.1 Å². The zero-order valence-corrected chi connectivity index (χ0v) is 12.4. The topological polar surface area (TPSA) is 84.5 Å². The van der Waals surface area contributed by atoms with Crippen molar-refractivity contribution in [3.8, 4) is 0 Å². The number of rotatable bonds is 5. The molecule has 6 heteroatoms. The molecule has 0 spiro atoms. The van der Waals surface area contributed by atoms with Crippen LogP contribution in [0.5, 0.6) is 0 Å². The third-order valence-electron chi connectivity index (χ3n) is 2.82. The molecule has 21 heavy (non-hydrogen) atoms. The van der Waals surface area contributed by atoms with Gasteiger partial charge < -0.3 is 10.1 Å². The molecule has 0 fully saturated rings. The van der Waals surface area contributed by atoms with Gasteiger partial charge >= 0.3 is 12.0 Å². The molecule has 0 saturated heterocycles. The van der Waals surface area contributed by atoms with E-state index < -0.39 is 24.0 Å². The number of ether oxygens (including phenoxy) is 1. The molecular weight excluding hydrogens is 272 g/mol. The highest BCUT2D eigenvalue weighted by atomic mass is 16.5. The van der Waals surface area contributed by atoms with E-state index >= 15 is 0 Å². The average molecular weight is 292 g/mol. The molecule has 1 aromatic rings. The van der Waals surface area contributed by atoms with Gasteiger partial charge in [0.25, 0.3) is 5.91 Å². The lowest BCUT2D eigenvalue weighted by Gasteiger charge is -2.13. The van der Waals surface area contributed by atoms with Gasteiger partial charge in [0.15, 0.2) is 6.10 Å². The van der Waals surface area contributed by atoms with Crippen molar-refractivity contribution in [2.75, 3.05) is 6.54 Å². The first-order valence-electron chi connectivity index (χ1n) is 6.86. The summed E-state index contributed by atoms with van der Waals surface area (Å²) in [6.07, 6.45) is -0.174. The smallest absolute Gasteiger partial charge is 0.338 e. The maximum Gasteiger partial charge on any atom is 0.338 e. The summed E-state index contributed by atoms with van der Waals surface area (Å²) in [5, 5.41) is 4.51. The molecule has 1 rings (SSSR count). The highest BCUT2D eigenvalue weighted by molar-refractivity contribution is 5.98. The van der Waals surface area contributed by atoms with Gasteiger partial charge in [0.05, 0.1) is 5.56 Å². The Kier molecular flexibility index (Phi) is 6.39.